The van der Waals surface area contributed by atoms with Crippen LogP contribution in [0.2, 0.25) is 0 Å². The first-order valence-corrected chi connectivity index (χ1v) is 6.92. The highest BCUT2D eigenvalue weighted by Crippen LogP contribution is 2.18. The summed E-state index contributed by atoms with van der Waals surface area (Å²) in [5.74, 6) is -0.707. The standard InChI is InChI=1S/C15H19FN4O/c1-3-5-12-13(17)14(20-19-12)15(21)18-9(2)10-6-4-7-11(16)8-10/h4,6-9H,3,5,17H2,1-2H3,(H,18,21)(H,19,20). The molecule has 0 saturated heterocycles. The van der Waals surface area contributed by atoms with Crippen LogP contribution in [0.25, 0.3) is 0 Å². The smallest absolute Gasteiger partial charge is 0.274 e. The number of carbonyl (C=O) groups excluding carboxylic acids is 1. The molecule has 0 aliphatic heterocycles. The van der Waals surface area contributed by atoms with Gasteiger partial charge in [0.1, 0.15) is 5.82 Å². The number of H-pyrrole nitrogens is 1. The van der Waals surface area contributed by atoms with Crippen molar-refractivity contribution in [1.82, 2.24) is 15.5 Å². The second-order valence-electron chi connectivity index (χ2n) is 4.96. The van der Waals surface area contributed by atoms with Crippen molar-refractivity contribution in [2.75, 3.05) is 5.73 Å². The summed E-state index contributed by atoms with van der Waals surface area (Å²) in [5, 5.41) is 9.51. The quantitative estimate of drug-likeness (QED) is 0.791. The van der Waals surface area contributed by atoms with Gasteiger partial charge in [-0.3, -0.25) is 9.89 Å². The van der Waals surface area contributed by atoms with Crippen LogP contribution in [-0.2, 0) is 6.42 Å². The lowest BCUT2D eigenvalue weighted by Crippen LogP contribution is -2.27. The molecule has 21 heavy (non-hydrogen) atoms. The molecule has 1 aromatic carbocycles. The Morgan fingerprint density at radius 3 is 2.95 bits per heavy atom. The first kappa shape index (κ1) is 15.0. The number of nitrogens with zero attached hydrogens (tertiary/aromatic N) is 1. The first-order valence-electron chi connectivity index (χ1n) is 6.92. The SMILES string of the molecule is CCCc1[nH]nc(C(=O)NC(C)c2cccc(F)c2)c1N. The van der Waals surface area contributed by atoms with Crippen molar-refractivity contribution in [2.45, 2.75) is 32.7 Å². The predicted octanol–water partition coefficient (Wildman–Crippen LogP) is 2.57. The molecule has 0 aliphatic carbocycles. The largest absolute Gasteiger partial charge is 0.395 e. The lowest BCUT2D eigenvalue weighted by Gasteiger charge is -2.13. The molecule has 1 heterocycles. The van der Waals surface area contributed by atoms with E-state index in [1.807, 2.05) is 6.92 Å². The van der Waals surface area contributed by atoms with Gasteiger partial charge in [0.2, 0.25) is 0 Å². The molecule has 5 nitrogen and oxygen atoms in total. The minimum atomic E-state index is -0.372. The van der Waals surface area contributed by atoms with Gasteiger partial charge in [-0.05, 0) is 31.0 Å². The fourth-order valence-corrected chi connectivity index (χ4v) is 2.12. The Labute approximate surface area is 122 Å². The average Bonchev–Trinajstić information content (AvgIpc) is 2.81. The van der Waals surface area contributed by atoms with Gasteiger partial charge >= 0.3 is 0 Å². The van der Waals surface area contributed by atoms with E-state index in [4.69, 9.17) is 5.73 Å². The number of hydrogen-bond acceptors (Lipinski definition) is 3. The van der Waals surface area contributed by atoms with Crippen LogP contribution in [0, 0.1) is 5.82 Å². The van der Waals surface area contributed by atoms with E-state index < -0.39 is 0 Å². The number of carbonyl (C=O) groups is 1. The van der Waals surface area contributed by atoms with Crippen molar-refractivity contribution < 1.29 is 9.18 Å². The Hall–Kier alpha value is -2.37. The molecular formula is C15H19FN4O. The van der Waals surface area contributed by atoms with Crippen molar-refractivity contribution in [3.8, 4) is 0 Å². The van der Waals surface area contributed by atoms with E-state index in [1.165, 1.54) is 12.1 Å². The zero-order valence-corrected chi connectivity index (χ0v) is 12.1. The van der Waals surface area contributed by atoms with Gasteiger partial charge in [-0.2, -0.15) is 5.10 Å². The molecule has 1 aromatic heterocycles. The summed E-state index contributed by atoms with van der Waals surface area (Å²) < 4.78 is 13.2. The number of halogens is 1. The second kappa shape index (κ2) is 6.39. The van der Waals surface area contributed by atoms with Gasteiger partial charge < -0.3 is 11.1 Å². The zero-order chi connectivity index (χ0) is 15.4. The van der Waals surface area contributed by atoms with Gasteiger partial charge in [-0.15, -0.1) is 0 Å². The highest BCUT2D eigenvalue weighted by atomic mass is 19.1. The summed E-state index contributed by atoms with van der Waals surface area (Å²) in [6.07, 6.45) is 1.65. The number of anilines is 1. The number of amides is 1. The lowest BCUT2D eigenvalue weighted by molar-refractivity contribution is 0.0935. The third kappa shape index (κ3) is 3.39. The number of nitrogens with two attached hydrogens (primary N) is 1. The van der Waals surface area contributed by atoms with Crippen molar-refractivity contribution in [3.63, 3.8) is 0 Å². The van der Waals surface area contributed by atoms with E-state index in [0.29, 0.717) is 11.3 Å². The number of hydrogen-bond donors (Lipinski definition) is 3. The summed E-state index contributed by atoms with van der Waals surface area (Å²) in [6, 6.07) is 5.78. The third-order valence-electron chi connectivity index (χ3n) is 3.29. The lowest BCUT2D eigenvalue weighted by atomic mass is 10.1. The Morgan fingerprint density at radius 1 is 1.52 bits per heavy atom. The topological polar surface area (TPSA) is 83.8 Å². The Kier molecular flexibility index (Phi) is 4.57. The van der Waals surface area contributed by atoms with Crippen LogP contribution >= 0.6 is 0 Å². The normalized spacial score (nSPS) is 12.1. The third-order valence-corrected chi connectivity index (χ3v) is 3.29. The van der Waals surface area contributed by atoms with Gasteiger partial charge in [0.25, 0.3) is 5.91 Å². The van der Waals surface area contributed by atoms with Crippen LogP contribution in [0.15, 0.2) is 24.3 Å². The Bertz CT molecular complexity index is 638. The molecule has 0 spiro atoms. The highest BCUT2D eigenvalue weighted by Gasteiger charge is 2.19. The monoisotopic (exact) mass is 290 g/mol. The summed E-state index contributed by atoms with van der Waals surface area (Å²) in [4.78, 5) is 12.2. The molecule has 0 radical (unpaired) electrons. The van der Waals surface area contributed by atoms with Gasteiger partial charge in [-0.25, -0.2) is 4.39 Å². The van der Waals surface area contributed by atoms with Crippen LogP contribution in [0.3, 0.4) is 0 Å². The Balaban J connectivity index is 2.11. The average molecular weight is 290 g/mol. The van der Waals surface area contributed by atoms with Crippen molar-refractivity contribution in [1.29, 1.82) is 0 Å². The number of nitrogens with one attached hydrogen (secondary N) is 2. The molecule has 6 heteroatoms. The molecular weight excluding hydrogens is 271 g/mol. The maximum atomic E-state index is 13.2. The van der Waals surface area contributed by atoms with E-state index in [1.54, 1.807) is 19.1 Å². The van der Waals surface area contributed by atoms with E-state index in [-0.39, 0.29) is 23.5 Å². The Morgan fingerprint density at radius 2 is 2.29 bits per heavy atom. The highest BCUT2D eigenvalue weighted by molar-refractivity contribution is 5.97. The van der Waals surface area contributed by atoms with Crippen molar-refractivity contribution in [3.05, 3.63) is 47.0 Å². The summed E-state index contributed by atoms with van der Waals surface area (Å²) in [6.45, 7) is 3.80. The molecule has 0 saturated carbocycles. The fraction of sp³-hybridized carbons (Fsp3) is 0.333. The first-order chi connectivity index (χ1) is 10.0. The predicted molar refractivity (Wildman–Crippen MR) is 79.3 cm³/mol. The molecule has 0 bridgehead atoms. The van der Waals surface area contributed by atoms with E-state index in [9.17, 15) is 9.18 Å². The molecule has 2 rings (SSSR count). The molecule has 1 atom stereocenters. The number of nitrogen functional groups attached to an aromatic ring is 1. The van der Waals surface area contributed by atoms with E-state index in [0.717, 1.165) is 18.5 Å². The second-order valence-corrected chi connectivity index (χ2v) is 4.96. The number of aromatic nitrogens is 2. The number of rotatable bonds is 5. The van der Waals surface area contributed by atoms with Gasteiger partial charge in [-0.1, -0.05) is 25.5 Å². The summed E-state index contributed by atoms with van der Waals surface area (Å²) in [7, 11) is 0. The summed E-state index contributed by atoms with van der Waals surface area (Å²) >= 11 is 0. The van der Waals surface area contributed by atoms with Crippen molar-refractivity contribution >= 4 is 11.6 Å². The summed E-state index contributed by atoms with van der Waals surface area (Å²) in [5.41, 5.74) is 7.92. The van der Waals surface area contributed by atoms with Gasteiger partial charge in [0, 0.05) is 0 Å². The van der Waals surface area contributed by atoms with Crippen LogP contribution < -0.4 is 11.1 Å². The number of aromatic amines is 1. The van der Waals surface area contributed by atoms with Crippen LogP contribution in [0.5, 0.6) is 0 Å². The minimum absolute atomic E-state index is 0.182. The molecule has 2 aromatic rings. The minimum Gasteiger partial charge on any atom is -0.395 e. The van der Waals surface area contributed by atoms with E-state index in [2.05, 4.69) is 15.5 Å². The van der Waals surface area contributed by atoms with Crippen LogP contribution in [0.4, 0.5) is 10.1 Å². The maximum absolute atomic E-state index is 13.2. The molecule has 0 aliphatic rings. The van der Waals surface area contributed by atoms with Crippen molar-refractivity contribution in [2.24, 2.45) is 0 Å². The maximum Gasteiger partial charge on any atom is 0.274 e. The molecule has 1 unspecified atom stereocenters. The molecule has 0 fully saturated rings. The zero-order valence-electron chi connectivity index (χ0n) is 12.1. The van der Waals surface area contributed by atoms with Gasteiger partial charge in [0.05, 0.1) is 17.4 Å². The molecule has 112 valence electrons. The van der Waals surface area contributed by atoms with E-state index >= 15 is 0 Å². The molecule has 1 amide bonds. The number of benzene rings is 1. The van der Waals surface area contributed by atoms with Gasteiger partial charge in [0.15, 0.2) is 5.69 Å². The number of aryl methyl sites for hydroxylation is 1. The van der Waals surface area contributed by atoms with Crippen LogP contribution in [0.1, 0.15) is 48.1 Å². The molecule has 4 N–H and O–H groups in total. The van der Waals surface area contributed by atoms with Crippen LogP contribution in [-0.4, -0.2) is 16.1 Å². The fourth-order valence-electron chi connectivity index (χ4n) is 2.12.